The molecular weight excluding hydrogens is 370 g/mol. The Morgan fingerprint density at radius 2 is 1.88 bits per heavy atom. The van der Waals surface area contributed by atoms with E-state index in [-0.39, 0.29) is 4.90 Å². The van der Waals surface area contributed by atoms with Crippen LogP contribution in [-0.2, 0) is 17.2 Å². The quantitative estimate of drug-likeness (QED) is 0.319. The Kier molecular flexibility index (Phi) is 4.87. The van der Waals surface area contributed by atoms with Gasteiger partial charge in [0.25, 0.3) is 10.1 Å². The molecule has 1 N–H and O–H groups in total. The van der Waals surface area contributed by atoms with Crippen molar-refractivity contribution in [2.45, 2.75) is 11.8 Å². The van der Waals surface area contributed by atoms with E-state index in [1.807, 2.05) is 57.4 Å². The maximum atomic E-state index is 11.3. The molecule has 3 rings (SSSR count). The third kappa shape index (κ3) is 3.64. The average molecular weight is 387 g/mol. The smallest absolute Gasteiger partial charge is 0.409 e. The van der Waals surface area contributed by atoms with Crippen LogP contribution in [0.25, 0.3) is 10.2 Å². The van der Waals surface area contributed by atoms with Crippen molar-refractivity contribution in [3.05, 3.63) is 42.0 Å². The second kappa shape index (κ2) is 6.82. The summed E-state index contributed by atoms with van der Waals surface area (Å²) >= 11 is 1.31. The minimum absolute atomic E-state index is 0.134. The van der Waals surface area contributed by atoms with Crippen LogP contribution in [0.15, 0.2) is 51.5 Å². The molecule has 0 unspecified atom stereocenters. The Hall–Kier alpha value is -2.23. The molecule has 0 spiro atoms. The third-order valence-corrected chi connectivity index (χ3v) is 5.95. The number of thiazole rings is 1. The van der Waals surface area contributed by atoms with Crippen LogP contribution in [0.2, 0.25) is 0 Å². The molecule has 132 valence electrons. The second-order valence-electron chi connectivity index (χ2n) is 6.11. The number of aryl methyl sites for hydroxylation is 2. The summed E-state index contributed by atoms with van der Waals surface area (Å²) in [5.41, 5.74) is 3.69. The van der Waals surface area contributed by atoms with Crippen molar-refractivity contribution in [3.8, 4) is 0 Å². The molecule has 0 aliphatic rings. The zero-order valence-electron chi connectivity index (χ0n) is 14.8. The lowest BCUT2D eigenvalue weighted by Crippen LogP contribution is -2.25. The number of hydrogen-bond acceptors (Lipinski definition) is 6. The first-order chi connectivity index (χ1) is 12.2. The van der Waals surface area contributed by atoms with E-state index < -0.39 is 10.1 Å². The molecule has 0 saturated heterocycles. The van der Waals surface area contributed by atoms with E-state index in [4.69, 9.17) is 0 Å². The molecule has 26 heavy (non-hydrogen) atoms. The molecule has 11 heteroatoms. The molecule has 3 aromatic rings. The highest BCUT2D eigenvalue weighted by Crippen LogP contribution is 2.30. The van der Waals surface area contributed by atoms with Crippen molar-refractivity contribution in [2.24, 2.45) is 17.3 Å². The lowest BCUT2D eigenvalue weighted by atomic mass is 10.1. The zero-order chi connectivity index (χ0) is 19.1. The fraction of sp³-hybridized carbons (Fsp3) is 0.133. The van der Waals surface area contributed by atoms with Crippen molar-refractivity contribution in [2.75, 3.05) is 4.72 Å². The number of aromatic nitrogens is 1. The minimum atomic E-state index is -4.23. The number of anilines is 1. The van der Waals surface area contributed by atoms with Gasteiger partial charge in [0.05, 0.1) is 21.8 Å². The maximum Gasteiger partial charge on any atom is 0.409 e. The molecule has 2 aromatic carbocycles. The summed E-state index contributed by atoms with van der Waals surface area (Å²) in [4.78, 5) is -0.134. The summed E-state index contributed by atoms with van der Waals surface area (Å²) in [6.07, 6.45) is 0. The highest BCUT2D eigenvalue weighted by atomic mass is 32.2. The summed E-state index contributed by atoms with van der Waals surface area (Å²) in [6.45, 7) is 1.98. The van der Waals surface area contributed by atoms with Gasteiger partial charge in [-0.1, -0.05) is 0 Å². The first kappa shape index (κ1) is 18.6. The van der Waals surface area contributed by atoms with E-state index >= 15 is 0 Å². The Morgan fingerprint density at radius 1 is 1.15 bits per heavy atom. The Bertz CT molecular complexity index is 1130. The van der Waals surface area contributed by atoms with Gasteiger partial charge in [-0.3, -0.25) is 4.55 Å². The molecule has 7 nitrogen and oxygen atoms in total. The van der Waals surface area contributed by atoms with Gasteiger partial charge in [-0.15, -0.1) is 0 Å². The molecule has 1 aromatic heterocycles. The third-order valence-electron chi connectivity index (χ3n) is 4.02. The Balaban J connectivity index is 1.98. The van der Waals surface area contributed by atoms with Gasteiger partial charge in [0.2, 0.25) is 16.0 Å². The lowest BCUT2D eigenvalue weighted by Gasteiger charge is -2.13. The molecule has 1 heterocycles. The topological polar surface area (TPSA) is 86.2 Å². The maximum absolute atomic E-state index is 11.3. The highest BCUT2D eigenvalue weighted by Gasteiger charge is 2.19. The molecule has 0 atom stereocenters. The van der Waals surface area contributed by atoms with Crippen LogP contribution >= 0.6 is 11.3 Å². The monoisotopic (exact) mass is 387 g/mol. The SMILES string of the molecule is BN(B)c1ccc(/N=N/c2sc3cc(S(=O)(=O)O)ccc3[n+]2C)c(C)c1. The van der Waals surface area contributed by atoms with Gasteiger partial charge < -0.3 is 4.72 Å². The summed E-state index contributed by atoms with van der Waals surface area (Å²) < 4.78 is 36.4. The van der Waals surface area contributed by atoms with Crippen molar-refractivity contribution in [1.29, 1.82) is 0 Å². The van der Waals surface area contributed by atoms with E-state index in [1.165, 1.54) is 23.5 Å². The number of rotatable bonds is 4. The zero-order valence-corrected chi connectivity index (χ0v) is 16.5. The standard InChI is InChI=1S/C15H16B2N4O3S2/c1-9-7-10(21(16)17)3-5-12(9)18-19-15-20(2)13-6-4-11(26(22,23)24)8-14(13)25-15/h3-8H,16-17H2,1-2H3/p+1. The van der Waals surface area contributed by atoms with Gasteiger partial charge in [0, 0.05) is 5.69 Å². The fourth-order valence-electron chi connectivity index (χ4n) is 2.50. The van der Waals surface area contributed by atoms with Gasteiger partial charge in [-0.2, -0.15) is 8.42 Å². The van der Waals surface area contributed by atoms with Crippen molar-refractivity contribution in [3.63, 3.8) is 0 Å². The molecule has 0 aliphatic heterocycles. The number of benzene rings is 2. The molecule has 0 amide bonds. The van der Waals surface area contributed by atoms with Crippen molar-refractivity contribution < 1.29 is 17.5 Å². The molecule has 0 aliphatic carbocycles. The van der Waals surface area contributed by atoms with Gasteiger partial charge >= 0.3 is 5.13 Å². The summed E-state index contributed by atoms with van der Waals surface area (Å²) in [7, 11) is 1.57. The largest absolute Gasteiger partial charge is 0.472 e. The van der Waals surface area contributed by atoms with E-state index in [2.05, 4.69) is 10.2 Å². The summed E-state index contributed by atoms with van der Waals surface area (Å²) in [5, 5.41) is 9.28. The van der Waals surface area contributed by atoms with Crippen LogP contribution in [0, 0.1) is 6.92 Å². The molecule has 0 fully saturated rings. The van der Waals surface area contributed by atoms with Crippen LogP contribution in [0.1, 0.15) is 5.56 Å². The van der Waals surface area contributed by atoms with Gasteiger partial charge in [-0.05, 0) is 65.3 Å². The van der Waals surface area contributed by atoms with Crippen LogP contribution in [0.5, 0.6) is 0 Å². The number of fused-ring (bicyclic) bond motifs is 1. The highest BCUT2D eigenvalue weighted by molar-refractivity contribution is 7.85. The normalized spacial score (nSPS) is 12.1. The van der Waals surface area contributed by atoms with E-state index in [9.17, 15) is 13.0 Å². The Labute approximate surface area is 157 Å². The second-order valence-corrected chi connectivity index (χ2v) is 8.54. The van der Waals surface area contributed by atoms with E-state index in [0.29, 0.717) is 9.83 Å². The van der Waals surface area contributed by atoms with Gasteiger partial charge in [-0.25, -0.2) is 4.57 Å². The van der Waals surface area contributed by atoms with Crippen LogP contribution in [0.3, 0.4) is 0 Å². The van der Waals surface area contributed by atoms with E-state index in [0.717, 1.165) is 22.5 Å². The average Bonchev–Trinajstić information content (AvgIpc) is 2.88. The first-order valence-corrected chi connectivity index (χ1v) is 10.0. The molecular formula is C15H17B2N4O3S2+. The first-order valence-electron chi connectivity index (χ1n) is 7.76. The van der Waals surface area contributed by atoms with Crippen LogP contribution in [-0.4, -0.2) is 28.9 Å². The van der Waals surface area contributed by atoms with E-state index in [1.54, 1.807) is 6.07 Å². The number of azo groups is 1. The summed E-state index contributed by atoms with van der Waals surface area (Å²) in [5.74, 6) is 0. The number of hydrogen-bond donors (Lipinski definition) is 1. The molecule has 0 saturated carbocycles. The van der Waals surface area contributed by atoms with Crippen LogP contribution in [0.4, 0.5) is 16.5 Å². The predicted molar refractivity (Wildman–Crippen MR) is 108 cm³/mol. The molecule has 0 bridgehead atoms. The van der Waals surface area contributed by atoms with Gasteiger partial charge in [0.1, 0.15) is 11.2 Å². The minimum Gasteiger partial charge on any atom is -0.472 e. The van der Waals surface area contributed by atoms with Crippen LogP contribution < -0.4 is 9.29 Å². The predicted octanol–water partition coefficient (Wildman–Crippen LogP) is 1.60. The van der Waals surface area contributed by atoms with Crippen molar-refractivity contribution >= 4 is 64.1 Å². The molecule has 0 radical (unpaired) electrons. The Morgan fingerprint density at radius 3 is 2.50 bits per heavy atom. The number of nitrogens with zero attached hydrogens (tertiary/aromatic N) is 4. The van der Waals surface area contributed by atoms with Gasteiger partial charge in [0.15, 0.2) is 0 Å². The fourth-order valence-corrected chi connectivity index (χ4v) is 4.09. The lowest BCUT2D eigenvalue weighted by molar-refractivity contribution is -0.627. The van der Waals surface area contributed by atoms with Crippen molar-refractivity contribution in [1.82, 2.24) is 0 Å². The summed E-state index contributed by atoms with van der Waals surface area (Å²) in [6, 6.07) is 10.4.